The number of hydrogen-bond donors (Lipinski definition) is 2. The van der Waals surface area contributed by atoms with Gasteiger partial charge in [-0.05, 0) is 42.0 Å². The van der Waals surface area contributed by atoms with Crippen molar-refractivity contribution >= 4 is 34.9 Å². The molecule has 3 rings (SSSR count). The zero-order valence-electron chi connectivity index (χ0n) is 11.2. The summed E-state index contributed by atoms with van der Waals surface area (Å²) in [5, 5.41) is 4.81. The summed E-state index contributed by atoms with van der Waals surface area (Å²) >= 11 is 3.36. The Morgan fingerprint density at radius 1 is 1.35 bits per heavy atom. The molecule has 1 aromatic heterocycles. The van der Waals surface area contributed by atoms with Gasteiger partial charge in [-0.25, -0.2) is 0 Å². The van der Waals surface area contributed by atoms with Gasteiger partial charge in [-0.2, -0.15) is 0 Å². The van der Waals surface area contributed by atoms with Crippen LogP contribution in [0.2, 0.25) is 0 Å². The highest BCUT2D eigenvalue weighted by atomic mass is 32.2. The third-order valence-corrected chi connectivity index (χ3v) is 6.44. The van der Waals surface area contributed by atoms with E-state index in [4.69, 9.17) is 5.73 Å². The second-order valence-electron chi connectivity index (χ2n) is 5.44. The van der Waals surface area contributed by atoms with Crippen molar-refractivity contribution in [3.05, 3.63) is 21.9 Å². The normalized spacial score (nSPS) is 24.1. The van der Waals surface area contributed by atoms with Gasteiger partial charge in [0.05, 0.1) is 0 Å². The molecule has 1 saturated carbocycles. The largest absolute Gasteiger partial charge is 0.368 e. The van der Waals surface area contributed by atoms with Crippen LogP contribution >= 0.6 is 23.1 Å². The van der Waals surface area contributed by atoms with E-state index in [9.17, 15) is 9.59 Å². The van der Waals surface area contributed by atoms with Gasteiger partial charge in [0.1, 0.15) is 10.8 Å². The molecule has 6 heteroatoms. The summed E-state index contributed by atoms with van der Waals surface area (Å²) in [6, 6.07) is 2.03. The van der Waals surface area contributed by atoms with E-state index >= 15 is 0 Å². The number of nitrogens with two attached hydrogens (primary N) is 1. The smallest absolute Gasteiger partial charge is 0.243 e. The number of carbonyl (C=O) groups excluding carboxylic acids is 2. The van der Waals surface area contributed by atoms with E-state index in [1.54, 1.807) is 23.1 Å². The number of primary amides is 1. The Kier molecular flexibility index (Phi) is 3.77. The van der Waals surface area contributed by atoms with E-state index in [-0.39, 0.29) is 11.2 Å². The summed E-state index contributed by atoms with van der Waals surface area (Å²) in [6.45, 7) is 0. The molecule has 1 aliphatic heterocycles. The van der Waals surface area contributed by atoms with Crippen molar-refractivity contribution in [3.8, 4) is 0 Å². The number of hydrogen-bond acceptors (Lipinski definition) is 4. The molecular formula is C14H18N2O2S2. The van der Waals surface area contributed by atoms with Crippen LogP contribution < -0.4 is 11.1 Å². The summed E-state index contributed by atoms with van der Waals surface area (Å²) in [7, 11) is 0. The van der Waals surface area contributed by atoms with Crippen LogP contribution in [0.25, 0.3) is 0 Å². The number of rotatable bonds is 3. The van der Waals surface area contributed by atoms with Crippen molar-refractivity contribution in [3.63, 3.8) is 0 Å². The molecule has 1 atom stereocenters. The summed E-state index contributed by atoms with van der Waals surface area (Å²) < 4.78 is 0. The van der Waals surface area contributed by atoms with Crippen LogP contribution in [-0.2, 0) is 16.0 Å². The molecule has 3 N–H and O–H groups in total. The van der Waals surface area contributed by atoms with E-state index in [1.165, 1.54) is 4.88 Å². The first kappa shape index (κ1) is 13.9. The predicted octanol–water partition coefficient (Wildman–Crippen LogP) is 1.99. The fraction of sp³-hybridized carbons (Fsp3) is 0.571. The van der Waals surface area contributed by atoms with Crippen molar-refractivity contribution in [1.29, 1.82) is 0 Å². The van der Waals surface area contributed by atoms with Crippen molar-refractivity contribution in [1.82, 2.24) is 5.32 Å². The van der Waals surface area contributed by atoms with Crippen LogP contribution in [0.3, 0.4) is 0 Å². The summed E-state index contributed by atoms with van der Waals surface area (Å²) in [6.07, 6.45) is 4.27. The zero-order chi connectivity index (χ0) is 14.2. The maximum absolute atomic E-state index is 12.6. The topological polar surface area (TPSA) is 72.2 Å². The molecule has 0 bridgehead atoms. The quantitative estimate of drug-likeness (QED) is 0.897. The number of thiophene rings is 1. The molecular weight excluding hydrogens is 292 g/mol. The Labute approximate surface area is 126 Å². The first-order valence-electron chi connectivity index (χ1n) is 6.92. The molecule has 108 valence electrons. The first-order chi connectivity index (χ1) is 9.62. The fourth-order valence-electron chi connectivity index (χ4n) is 3.08. The molecule has 0 saturated heterocycles. The number of thioether (sulfide) groups is 1. The Morgan fingerprint density at radius 2 is 2.10 bits per heavy atom. The van der Waals surface area contributed by atoms with Gasteiger partial charge in [-0.3, -0.25) is 9.59 Å². The van der Waals surface area contributed by atoms with Crippen molar-refractivity contribution < 1.29 is 9.59 Å². The molecule has 2 aliphatic rings. The van der Waals surface area contributed by atoms with Gasteiger partial charge < -0.3 is 11.1 Å². The minimum atomic E-state index is -0.814. The van der Waals surface area contributed by atoms with E-state index in [2.05, 4.69) is 5.32 Å². The minimum absolute atomic E-state index is 0.0601. The highest BCUT2D eigenvalue weighted by Crippen LogP contribution is 2.40. The van der Waals surface area contributed by atoms with Gasteiger partial charge in [0.2, 0.25) is 11.8 Å². The van der Waals surface area contributed by atoms with E-state index in [0.717, 1.165) is 30.6 Å². The molecule has 2 amide bonds. The lowest BCUT2D eigenvalue weighted by Crippen LogP contribution is -2.56. The molecule has 1 unspecified atom stereocenters. The Balaban J connectivity index is 1.79. The van der Waals surface area contributed by atoms with Crippen LogP contribution in [0.4, 0.5) is 0 Å². The second kappa shape index (κ2) is 5.41. The standard InChI is InChI=1S/C14H18N2O2S2/c15-13(18)14(5-1-2-6-14)16-12(17)11-9-3-7-19-10(9)4-8-20-11/h3,7,11H,1-2,4-6,8H2,(H2,15,18)(H,16,17). The molecule has 1 aliphatic carbocycles. The van der Waals surface area contributed by atoms with Gasteiger partial charge in [-0.1, -0.05) is 12.8 Å². The van der Waals surface area contributed by atoms with Crippen molar-refractivity contribution in [2.24, 2.45) is 5.73 Å². The maximum Gasteiger partial charge on any atom is 0.243 e. The third-order valence-electron chi connectivity index (χ3n) is 4.21. The monoisotopic (exact) mass is 310 g/mol. The average molecular weight is 310 g/mol. The second-order valence-corrected chi connectivity index (χ2v) is 7.66. The SMILES string of the molecule is NC(=O)C1(NC(=O)C2SCCc3sccc32)CCCC1. The van der Waals surface area contributed by atoms with Crippen LogP contribution in [0.1, 0.15) is 41.4 Å². The van der Waals surface area contributed by atoms with E-state index < -0.39 is 11.4 Å². The van der Waals surface area contributed by atoms with Crippen LogP contribution in [0.5, 0.6) is 0 Å². The van der Waals surface area contributed by atoms with Gasteiger partial charge in [-0.15, -0.1) is 23.1 Å². The minimum Gasteiger partial charge on any atom is -0.368 e. The maximum atomic E-state index is 12.6. The lowest BCUT2D eigenvalue weighted by molar-refractivity contribution is -0.131. The van der Waals surface area contributed by atoms with Crippen LogP contribution in [0, 0.1) is 0 Å². The van der Waals surface area contributed by atoms with Gasteiger partial charge in [0.25, 0.3) is 0 Å². The predicted molar refractivity (Wildman–Crippen MR) is 81.8 cm³/mol. The van der Waals surface area contributed by atoms with Crippen molar-refractivity contribution in [2.75, 3.05) is 5.75 Å². The molecule has 0 aromatic carbocycles. The molecule has 2 heterocycles. The van der Waals surface area contributed by atoms with E-state index in [0.29, 0.717) is 12.8 Å². The Morgan fingerprint density at radius 3 is 2.80 bits per heavy atom. The van der Waals surface area contributed by atoms with Gasteiger partial charge >= 0.3 is 0 Å². The van der Waals surface area contributed by atoms with Crippen LogP contribution in [-0.4, -0.2) is 23.1 Å². The van der Waals surface area contributed by atoms with Crippen molar-refractivity contribution in [2.45, 2.75) is 42.9 Å². The number of aryl methyl sites for hydroxylation is 1. The van der Waals surface area contributed by atoms with E-state index in [1.807, 2.05) is 11.4 Å². The average Bonchev–Trinajstić information content (AvgIpc) is 3.06. The Hall–Kier alpha value is -1.01. The van der Waals surface area contributed by atoms with Crippen LogP contribution in [0.15, 0.2) is 11.4 Å². The number of amides is 2. The lowest BCUT2D eigenvalue weighted by Gasteiger charge is -2.30. The molecule has 4 nitrogen and oxygen atoms in total. The highest BCUT2D eigenvalue weighted by Gasteiger charge is 2.42. The summed E-state index contributed by atoms with van der Waals surface area (Å²) in [5.41, 5.74) is 5.82. The van der Waals surface area contributed by atoms with Gasteiger partial charge in [0.15, 0.2) is 0 Å². The Bertz CT molecular complexity index is 535. The highest BCUT2D eigenvalue weighted by molar-refractivity contribution is 8.00. The first-order valence-corrected chi connectivity index (χ1v) is 8.85. The zero-order valence-corrected chi connectivity index (χ0v) is 12.8. The lowest BCUT2D eigenvalue weighted by atomic mass is 9.96. The molecule has 1 aromatic rings. The molecule has 1 fully saturated rings. The van der Waals surface area contributed by atoms with Gasteiger partial charge in [0, 0.05) is 4.88 Å². The fourth-order valence-corrected chi connectivity index (χ4v) is 5.37. The summed E-state index contributed by atoms with van der Waals surface area (Å²) in [5.74, 6) is 0.500. The number of fused-ring (bicyclic) bond motifs is 1. The number of carbonyl (C=O) groups is 2. The molecule has 0 spiro atoms. The third kappa shape index (κ3) is 2.35. The molecule has 20 heavy (non-hydrogen) atoms. The summed E-state index contributed by atoms with van der Waals surface area (Å²) in [4.78, 5) is 25.6. The number of nitrogens with one attached hydrogen (secondary N) is 1. The molecule has 0 radical (unpaired) electrons.